The minimum Gasteiger partial charge on any atom is -0.313 e. The summed E-state index contributed by atoms with van der Waals surface area (Å²) in [4.78, 5) is 2.48. The third kappa shape index (κ3) is 6.05. The van der Waals surface area contributed by atoms with Crippen LogP contribution in [0.5, 0.6) is 0 Å². The van der Waals surface area contributed by atoms with Gasteiger partial charge in [-0.2, -0.15) is 0 Å². The Labute approximate surface area is 83.7 Å². The van der Waals surface area contributed by atoms with Crippen molar-refractivity contribution in [3.05, 3.63) is 0 Å². The minimum atomic E-state index is 0.680. The SMILES string of the molecule is CCCNC(CC)CN(CC)CC. The summed E-state index contributed by atoms with van der Waals surface area (Å²) in [6.45, 7) is 13.6. The lowest BCUT2D eigenvalue weighted by atomic mass is 10.2. The van der Waals surface area contributed by atoms with Gasteiger partial charge in [0.1, 0.15) is 0 Å². The Bertz CT molecular complexity index is 100. The van der Waals surface area contributed by atoms with Crippen LogP contribution in [-0.4, -0.2) is 37.1 Å². The Balaban J connectivity index is 3.67. The lowest BCUT2D eigenvalue weighted by Crippen LogP contribution is -2.40. The molecule has 2 heteroatoms. The molecule has 13 heavy (non-hydrogen) atoms. The summed E-state index contributed by atoms with van der Waals surface area (Å²) in [6, 6.07) is 0.680. The highest BCUT2D eigenvalue weighted by molar-refractivity contribution is 4.69. The molecule has 1 unspecified atom stereocenters. The van der Waals surface area contributed by atoms with Crippen LogP contribution in [-0.2, 0) is 0 Å². The second-order valence-electron chi connectivity index (χ2n) is 3.55. The highest BCUT2D eigenvalue weighted by atomic mass is 15.1. The number of nitrogens with one attached hydrogen (secondary N) is 1. The first kappa shape index (κ1) is 12.9. The molecule has 0 saturated carbocycles. The van der Waals surface area contributed by atoms with Crippen molar-refractivity contribution >= 4 is 0 Å². The summed E-state index contributed by atoms with van der Waals surface area (Å²) in [5.41, 5.74) is 0. The molecule has 0 spiro atoms. The molecule has 2 nitrogen and oxygen atoms in total. The van der Waals surface area contributed by atoms with Crippen molar-refractivity contribution in [3.8, 4) is 0 Å². The first-order chi connectivity index (χ1) is 6.28. The number of hydrogen-bond donors (Lipinski definition) is 1. The molecule has 1 atom stereocenters. The molecule has 0 saturated heterocycles. The number of likely N-dealkylation sites (N-methyl/N-ethyl adjacent to an activating group) is 1. The van der Waals surface area contributed by atoms with Gasteiger partial charge in [-0.15, -0.1) is 0 Å². The quantitative estimate of drug-likeness (QED) is 0.624. The van der Waals surface area contributed by atoms with Crippen molar-refractivity contribution in [2.24, 2.45) is 0 Å². The predicted octanol–water partition coefficient (Wildman–Crippen LogP) is 2.11. The van der Waals surface area contributed by atoms with Gasteiger partial charge in [0.2, 0.25) is 0 Å². The van der Waals surface area contributed by atoms with E-state index < -0.39 is 0 Å². The Morgan fingerprint density at radius 2 is 1.69 bits per heavy atom. The molecule has 0 aliphatic carbocycles. The molecule has 0 aliphatic heterocycles. The zero-order valence-corrected chi connectivity index (χ0v) is 9.77. The molecule has 0 bridgehead atoms. The van der Waals surface area contributed by atoms with Crippen LogP contribution in [0.1, 0.15) is 40.5 Å². The molecule has 0 aliphatic rings. The van der Waals surface area contributed by atoms with Gasteiger partial charge in [-0.3, -0.25) is 0 Å². The summed E-state index contributed by atoms with van der Waals surface area (Å²) < 4.78 is 0. The largest absolute Gasteiger partial charge is 0.313 e. The smallest absolute Gasteiger partial charge is 0.0192 e. The van der Waals surface area contributed by atoms with Crippen LogP contribution in [0, 0.1) is 0 Å². The van der Waals surface area contributed by atoms with Crippen LogP contribution in [0.2, 0.25) is 0 Å². The summed E-state index contributed by atoms with van der Waals surface area (Å²) >= 11 is 0. The molecule has 0 radical (unpaired) electrons. The molecule has 0 heterocycles. The van der Waals surface area contributed by atoms with Gasteiger partial charge in [0.05, 0.1) is 0 Å². The monoisotopic (exact) mass is 186 g/mol. The van der Waals surface area contributed by atoms with Crippen molar-refractivity contribution in [3.63, 3.8) is 0 Å². The molecule has 0 fully saturated rings. The molecule has 0 rings (SSSR count). The second-order valence-corrected chi connectivity index (χ2v) is 3.55. The maximum absolute atomic E-state index is 3.58. The topological polar surface area (TPSA) is 15.3 Å². The van der Waals surface area contributed by atoms with Gasteiger partial charge in [0.25, 0.3) is 0 Å². The van der Waals surface area contributed by atoms with E-state index in [-0.39, 0.29) is 0 Å². The first-order valence-electron chi connectivity index (χ1n) is 5.74. The summed E-state index contributed by atoms with van der Waals surface area (Å²) in [6.07, 6.45) is 2.46. The Hall–Kier alpha value is -0.0800. The van der Waals surface area contributed by atoms with Gasteiger partial charge in [0.15, 0.2) is 0 Å². The molecule has 80 valence electrons. The zero-order chi connectivity index (χ0) is 10.1. The molecule has 0 aromatic rings. The zero-order valence-electron chi connectivity index (χ0n) is 9.77. The van der Waals surface area contributed by atoms with E-state index in [0.717, 1.165) is 6.54 Å². The van der Waals surface area contributed by atoms with Gasteiger partial charge in [-0.1, -0.05) is 27.7 Å². The fourth-order valence-electron chi connectivity index (χ4n) is 1.48. The van der Waals surface area contributed by atoms with Crippen LogP contribution >= 0.6 is 0 Å². The van der Waals surface area contributed by atoms with Gasteiger partial charge in [-0.25, -0.2) is 0 Å². The van der Waals surface area contributed by atoms with Gasteiger partial charge >= 0.3 is 0 Å². The van der Waals surface area contributed by atoms with E-state index in [1.165, 1.54) is 32.5 Å². The highest BCUT2D eigenvalue weighted by Crippen LogP contribution is 1.96. The van der Waals surface area contributed by atoms with E-state index in [2.05, 4.69) is 37.9 Å². The third-order valence-electron chi connectivity index (χ3n) is 2.55. The van der Waals surface area contributed by atoms with E-state index >= 15 is 0 Å². The van der Waals surface area contributed by atoms with E-state index in [1.54, 1.807) is 0 Å². The van der Waals surface area contributed by atoms with Crippen molar-refractivity contribution in [1.82, 2.24) is 10.2 Å². The van der Waals surface area contributed by atoms with Gasteiger partial charge in [0, 0.05) is 12.6 Å². The van der Waals surface area contributed by atoms with Crippen LogP contribution in [0.15, 0.2) is 0 Å². The standard InChI is InChI=1S/C11H26N2/c1-5-9-12-11(6-2)10-13(7-3)8-4/h11-12H,5-10H2,1-4H3. The summed E-state index contributed by atoms with van der Waals surface area (Å²) in [5, 5.41) is 3.58. The molecular formula is C11H26N2. The van der Waals surface area contributed by atoms with E-state index in [1.807, 2.05) is 0 Å². The van der Waals surface area contributed by atoms with Crippen molar-refractivity contribution in [1.29, 1.82) is 0 Å². The normalized spacial score (nSPS) is 13.6. The van der Waals surface area contributed by atoms with Crippen LogP contribution < -0.4 is 5.32 Å². The minimum absolute atomic E-state index is 0.680. The molecule has 0 amide bonds. The van der Waals surface area contributed by atoms with Gasteiger partial charge in [-0.05, 0) is 32.5 Å². The number of rotatable bonds is 8. The highest BCUT2D eigenvalue weighted by Gasteiger charge is 2.08. The van der Waals surface area contributed by atoms with Gasteiger partial charge < -0.3 is 10.2 Å². The van der Waals surface area contributed by atoms with Crippen molar-refractivity contribution in [2.75, 3.05) is 26.2 Å². The summed E-state index contributed by atoms with van der Waals surface area (Å²) in [5.74, 6) is 0. The average Bonchev–Trinajstić information content (AvgIpc) is 2.19. The van der Waals surface area contributed by atoms with E-state index in [4.69, 9.17) is 0 Å². The lowest BCUT2D eigenvalue weighted by Gasteiger charge is -2.25. The fraction of sp³-hybridized carbons (Fsp3) is 1.00. The lowest BCUT2D eigenvalue weighted by molar-refractivity contribution is 0.261. The molecule has 0 aromatic heterocycles. The predicted molar refractivity (Wildman–Crippen MR) is 60.2 cm³/mol. The van der Waals surface area contributed by atoms with E-state index in [0.29, 0.717) is 6.04 Å². The van der Waals surface area contributed by atoms with Crippen molar-refractivity contribution in [2.45, 2.75) is 46.6 Å². The molecule has 1 N–H and O–H groups in total. The third-order valence-corrected chi connectivity index (χ3v) is 2.55. The maximum atomic E-state index is 3.58. The summed E-state index contributed by atoms with van der Waals surface area (Å²) in [7, 11) is 0. The van der Waals surface area contributed by atoms with Crippen LogP contribution in [0.25, 0.3) is 0 Å². The Morgan fingerprint density at radius 3 is 2.08 bits per heavy atom. The Kier molecular flexibility index (Phi) is 8.46. The number of hydrogen-bond acceptors (Lipinski definition) is 2. The maximum Gasteiger partial charge on any atom is 0.0192 e. The second kappa shape index (κ2) is 8.52. The van der Waals surface area contributed by atoms with Crippen LogP contribution in [0.3, 0.4) is 0 Å². The van der Waals surface area contributed by atoms with Crippen molar-refractivity contribution < 1.29 is 0 Å². The van der Waals surface area contributed by atoms with Crippen LogP contribution in [0.4, 0.5) is 0 Å². The fourth-order valence-corrected chi connectivity index (χ4v) is 1.48. The number of nitrogens with zero attached hydrogens (tertiary/aromatic N) is 1. The first-order valence-corrected chi connectivity index (χ1v) is 5.74. The molecular weight excluding hydrogens is 160 g/mol. The Morgan fingerprint density at radius 1 is 1.08 bits per heavy atom. The van der Waals surface area contributed by atoms with E-state index in [9.17, 15) is 0 Å². The average molecular weight is 186 g/mol. The molecule has 0 aromatic carbocycles.